The van der Waals surface area contributed by atoms with Crippen LogP contribution in [0, 0.1) is 6.92 Å². The molecule has 1 aliphatic heterocycles. The lowest BCUT2D eigenvalue weighted by molar-refractivity contribution is -0.132. The van der Waals surface area contributed by atoms with Gasteiger partial charge in [0.25, 0.3) is 0 Å². The average Bonchev–Trinajstić information content (AvgIpc) is 2.20. The van der Waals surface area contributed by atoms with Gasteiger partial charge in [-0.05, 0) is 6.92 Å². The van der Waals surface area contributed by atoms with Crippen LogP contribution >= 0.6 is 0 Å². The van der Waals surface area contributed by atoms with Gasteiger partial charge in [0.15, 0.2) is 0 Å². The van der Waals surface area contributed by atoms with Gasteiger partial charge in [-0.25, -0.2) is 9.97 Å². The second-order valence-corrected chi connectivity index (χ2v) is 6.20. The highest BCUT2D eigenvalue weighted by atomic mass is 16.2. The second kappa shape index (κ2) is 4.79. The Hall–Kier alpha value is -1.65. The fourth-order valence-electron chi connectivity index (χ4n) is 2.06. The molecule has 104 valence electrons. The zero-order chi connectivity index (χ0) is 14.2. The van der Waals surface area contributed by atoms with E-state index in [2.05, 4.69) is 36.1 Å². The molecule has 1 aliphatic rings. The molecular formula is C14H22N4O. The van der Waals surface area contributed by atoms with Crippen LogP contribution < -0.4 is 5.32 Å². The number of likely N-dealkylation sites (tertiary alicyclic amines) is 1. The smallest absolute Gasteiger partial charge is 0.219 e. The Labute approximate surface area is 114 Å². The summed E-state index contributed by atoms with van der Waals surface area (Å²) in [6.45, 7) is 11.4. The number of carbonyl (C=O) groups excluding carboxylic acids is 1. The Morgan fingerprint density at radius 1 is 1.37 bits per heavy atom. The first-order chi connectivity index (χ1) is 8.75. The van der Waals surface area contributed by atoms with Crippen molar-refractivity contribution in [1.29, 1.82) is 0 Å². The van der Waals surface area contributed by atoms with Crippen LogP contribution in [0.5, 0.6) is 0 Å². The Morgan fingerprint density at radius 2 is 2.00 bits per heavy atom. The van der Waals surface area contributed by atoms with E-state index in [1.807, 2.05) is 17.9 Å². The van der Waals surface area contributed by atoms with Crippen molar-refractivity contribution in [2.45, 2.75) is 46.1 Å². The van der Waals surface area contributed by atoms with Crippen molar-refractivity contribution < 1.29 is 4.79 Å². The molecule has 0 atom stereocenters. The van der Waals surface area contributed by atoms with Crippen molar-refractivity contribution in [3.8, 4) is 0 Å². The van der Waals surface area contributed by atoms with Crippen LogP contribution in [-0.2, 0) is 10.2 Å². The Kier molecular flexibility index (Phi) is 3.47. The van der Waals surface area contributed by atoms with E-state index >= 15 is 0 Å². The summed E-state index contributed by atoms with van der Waals surface area (Å²) in [5.41, 5.74) is 1.04. The molecule has 2 heterocycles. The van der Waals surface area contributed by atoms with Crippen LogP contribution in [0.4, 0.5) is 5.82 Å². The Balaban J connectivity index is 2.06. The minimum absolute atomic E-state index is 0.00909. The summed E-state index contributed by atoms with van der Waals surface area (Å²) in [6, 6.07) is 2.30. The number of rotatable bonds is 2. The maximum absolute atomic E-state index is 11.1. The molecule has 1 aromatic rings. The highest BCUT2D eigenvalue weighted by molar-refractivity contribution is 5.74. The van der Waals surface area contributed by atoms with Gasteiger partial charge >= 0.3 is 0 Å². The van der Waals surface area contributed by atoms with Crippen LogP contribution in [0.1, 0.15) is 39.2 Å². The van der Waals surface area contributed by atoms with Gasteiger partial charge in [0, 0.05) is 31.5 Å². The fourth-order valence-corrected chi connectivity index (χ4v) is 2.06. The molecule has 1 N–H and O–H groups in total. The fraction of sp³-hybridized carbons (Fsp3) is 0.643. The van der Waals surface area contributed by atoms with Crippen molar-refractivity contribution in [3.05, 3.63) is 17.6 Å². The van der Waals surface area contributed by atoms with E-state index in [0.29, 0.717) is 6.04 Å². The molecule has 1 fully saturated rings. The second-order valence-electron chi connectivity index (χ2n) is 6.20. The van der Waals surface area contributed by atoms with Gasteiger partial charge in [-0.3, -0.25) is 4.79 Å². The molecular weight excluding hydrogens is 240 g/mol. The van der Waals surface area contributed by atoms with E-state index < -0.39 is 0 Å². The zero-order valence-corrected chi connectivity index (χ0v) is 12.3. The highest BCUT2D eigenvalue weighted by Gasteiger charge is 2.29. The molecule has 0 radical (unpaired) electrons. The number of hydrogen-bond donors (Lipinski definition) is 1. The summed E-state index contributed by atoms with van der Waals surface area (Å²) in [5.74, 6) is 1.76. The van der Waals surface area contributed by atoms with Crippen LogP contribution in [-0.4, -0.2) is 39.9 Å². The molecule has 1 saturated heterocycles. The molecule has 1 aromatic heterocycles. The standard InChI is InChI=1S/C14H22N4O/c1-9-15-12(14(3,4)5)6-13(16-9)17-11-7-18(8-11)10(2)19/h6,11H,7-8H2,1-5H3,(H,15,16,17). The largest absolute Gasteiger partial charge is 0.364 e. The van der Waals surface area contributed by atoms with Crippen LogP contribution in [0.25, 0.3) is 0 Å². The number of carbonyl (C=O) groups is 1. The van der Waals surface area contributed by atoms with Gasteiger partial charge in [-0.1, -0.05) is 20.8 Å². The highest BCUT2D eigenvalue weighted by Crippen LogP contribution is 2.23. The van der Waals surface area contributed by atoms with E-state index in [9.17, 15) is 4.79 Å². The number of nitrogens with one attached hydrogen (secondary N) is 1. The van der Waals surface area contributed by atoms with Crippen molar-refractivity contribution in [2.24, 2.45) is 0 Å². The SMILES string of the molecule is CC(=O)N1CC(Nc2cc(C(C)(C)C)nc(C)n2)C1. The maximum Gasteiger partial charge on any atom is 0.219 e. The van der Waals surface area contributed by atoms with E-state index in [4.69, 9.17) is 0 Å². The minimum Gasteiger partial charge on any atom is -0.364 e. The normalized spacial score (nSPS) is 16.2. The van der Waals surface area contributed by atoms with Gasteiger partial charge in [0.1, 0.15) is 11.6 Å². The van der Waals surface area contributed by atoms with Gasteiger partial charge in [-0.15, -0.1) is 0 Å². The molecule has 0 aromatic carbocycles. The molecule has 0 spiro atoms. The number of hydrogen-bond acceptors (Lipinski definition) is 4. The predicted molar refractivity (Wildman–Crippen MR) is 75.1 cm³/mol. The monoisotopic (exact) mass is 262 g/mol. The summed E-state index contributed by atoms with van der Waals surface area (Å²) >= 11 is 0. The Morgan fingerprint density at radius 3 is 2.53 bits per heavy atom. The molecule has 19 heavy (non-hydrogen) atoms. The quantitative estimate of drug-likeness (QED) is 0.881. The van der Waals surface area contributed by atoms with E-state index in [-0.39, 0.29) is 11.3 Å². The van der Waals surface area contributed by atoms with Crippen molar-refractivity contribution >= 4 is 11.7 Å². The predicted octanol–water partition coefficient (Wildman–Crippen LogP) is 1.73. The number of nitrogens with zero attached hydrogens (tertiary/aromatic N) is 3. The topological polar surface area (TPSA) is 58.1 Å². The number of anilines is 1. The lowest BCUT2D eigenvalue weighted by atomic mass is 9.92. The summed E-state index contributed by atoms with van der Waals surface area (Å²) in [5, 5.41) is 3.37. The summed E-state index contributed by atoms with van der Waals surface area (Å²) in [6.07, 6.45) is 0. The molecule has 0 saturated carbocycles. The molecule has 0 bridgehead atoms. The number of aromatic nitrogens is 2. The van der Waals surface area contributed by atoms with Crippen LogP contribution in [0.3, 0.4) is 0 Å². The van der Waals surface area contributed by atoms with Gasteiger partial charge in [0.05, 0.1) is 11.7 Å². The average molecular weight is 262 g/mol. The maximum atomic E-state index is 11.1. The first-order valence-corrected chi connectivity index (χ1v) is 6.64. The third kappa shape index (κ3) is 3.22. The van der Waals surface area contributed by atoms with Crippen molar-refractivity contribution in [3.63, 3.8) is 0 Å². The third-order valence-electron chi connectivity index (χ3n) is 3.29. The lowest BCUT2D eigenvalue weighted by Gasteiger charge is -2.39. The van der Waals surface area contributed by atoms with E-state index in [0.717, 1.165) is 30.4 Å². The van der Waals surface area contributed by atoms with Crippen LogP contribution in [0.2, 0.25) is 0 Å². The molecule has 0 aliphatic carbocycles. The van der Waals surface area contributed by atoms with E-state index in [1.54, 1.807) is 6.92 Å². The number of amides is 1. The van der Waals surface area contributed by atoms with Gasteiger partial charge in [-0.2, -0.15) is 0 Å². The summed E-state index contributed by atoms with van der Waals surface area (Å²) in [4.78, 5) is 21.8. The Bertz CT molecular complexity index is 487. The first kappa shape index (κ1) is 13.8. The van der Waals surface area contributed by atoms with Gasteiger partial charge in [0.2, 0.25) is 5.91 Å². The van der Waals surface area contributed by atoms with Crippen LogP contribution in [0.15, 0.2) is 6.07 Å². The van der Waals surface area contributed by atoms with Crippen molar-refractivity contribution in [1.82, 2.24) is 14.9 Å². The summed E-state index contributed by atoms with van der Waals surface area (Å²) in [7, 11) is 0. The molecule has 2 rings (SSSR count). The lowest BCUT2D eigenvalue weighted by Crippen LogP contribution is -2.56. The minimum atomic E-state index is 0.00909. The van der Waals surface area contributed by atoms with E-state index in [1.165, 1.54) is 0 Å². The molecule has 5 nitrogen and oxygen atoms in total. The molecule has 0 unspecified atom stereocenters. The van der Waals surface area contributed by atoms with Crippen molar-refractivity contribution in [2.75, 3.05) is 18.4 Å². The van der Waals surface area contributed by atoms with Gasteiger partial charge < -0.3 is 10.2 Å². The molecule has 5 heteroatoms. The number of aryl methyl sites for hydroxylation is 1. The first-order valence-electron chi connectivity index (χ1n) is 6.64. The third-order valence-corrected chi connectivity index (χ3v) is 3.29. The molecule has 1 amide bonds. The zero-order valence-electron chi connectivity index (χ0n) is 12.3. The summed E-state index contributed by atoms with van der Waals surface area (Å²) < 4.78 is 0.